The van der Waals surface area contributed by atoms with E-state index in [4.69, 9.17) is 28.3 Å². The maximum absolute atomic E-state index is 8.96. The summed E-state index contributed by atoms with van der Waals surface area (Å²) in [7, 11) is 0. The summed E-state index contributed by atoms with van der Waals surface area (Å²) in [4.78, 5) is -0.722. The normalized spacial score (nSPS) is 13.6. The molecule has 0 aromatic heterocycles. The second-order valence-electron chi connectivity index (χ2n) is 2.07. The lowest BCUT2D eigenvalue weighted by molar-refractivity contribution is 0.237. The third-order valence-electron chi connectivity index (χ3n) is 0.762. The molecule has 0 heterocycles. The first-order valence-electron chi connectivity index (χ1n) is 2.65. The van der Waals surface area contributed by atoms with E-state index in [0.29, 0.717) is 0 Å². The van der Waals surface area contributed by atoms with Crippen molar-refractivity contribution in [1.29, 1.82) is 0 Å². The molecule has 0 saturated heterocycles. The van der Waals surface area contributed by atoms with Gasteiger partial charge in [0.15, 0.2) is 0 Å². The van der Waals surface area contributed by atoms with E-state index in [1.165, 1.54) is 0 Å². The van der Waals surface area contributed by atoms with Gasteiger partial charge in [0.2, 0.25) is 0 Å². The van der Waals surface area contributed by atoms with Crippen LogP contribution in [0, 0.1) is 0 Å². The number of hydrogen-bond donors (Lipinski definition) is 1. The predicted octanol–water partition coefficient (Wildman–Crippen LogP) is 2.12. The highest BCUT2D eigenvalue weighted by Crippen LogP contribution is 2.09. The Hall–Kier alpha value is 0.280. The number of aliphatic hydroxyl groups is 1. The summed E-state index contributed by atoms with van der Waals surface area (Å²) >= 11 is 10.7. The third-order valence-corrected chi connectivity index (χ3v) is 1.28. The summed E-state index contributed by atoms with van der Waals surface area (Å²) in [6.45, 7) is 3.75. The molecule has 0 radical (unpaired) electrons. The monoisotopic (exact) mass is 168 g/mol. The highest BCUT2D eigenvalue weighted by atomic mass is 35.5. The van der Waals surface area contributed by atoms with Crippen LogP contribution in [0.15, 0.2) is 11.6 Å². The highest BCUT2D eigenvalue weighted by molar-refractivity contribution is 6.44. The fourth-order valence-electron chi connectivity index (χ4n) is 0.414. The number of alkyl halides is 2. The molecule has 0 spiro atoms. The van der Waals surface area contributed by atoms with Gasteiger partial charge in [-0.25, -0.2) is 0 Å². The molecule has 0 bridgehead atoms. The standard InChI is InChI=1S/C6H10Cl2O/c1-4(2)3-5(9)6(7)8/h3,5-6,9H,1-2H3. The number of hydrogen-bond acceptors (Lipinski definition) is 1. The van der Waals surface area contributed by atoms with Gasteiger partial charge in [-0.2, -0.15) is 0 Å². The Balaban J connectivity index is 3.76. The van der Waals surface area contributed by atoms with Crippen LogP contribution in [0.2, 0.25) is 0 Å². The van der Waals surface area contributed by atoms with Gasteiger partial charge in [-0.1, -0.05) is 11.6 Å². The maximum Gasteiger partial charge on any atom is 0.137 e. The second-order valence-corrected chi connectivity index (χ2v) is 3.23. The van der Waals surface area contributed by atoms with E-state index in [2.05, 4.69) is 0 Å². The minimum Gasteiger partial charge on any atom is -0.386 e. The van der Waals surface area contributed by atoms with Gasteiger partial charge in [0.05, 0.1) is 0 Å². The van der Waals surface area contributed by atoms with Crippen molar-refractivity contribution in [3.8, 4) is 0 Å². The summed E-state index contributed by atoms with van der Waals surface area (Å²) in [5, 5.41) is 8.96. The Morgan fingerprint density at radius 1 is 1.44 bits per heavy atom. The smallest absolute Gasteiger partial charge is 0.137 e. The van der Waals surface area contributed by atoms with Gasteiger partial charge >= 0.3 is 0 Å². The van der Waals surface area contributed by atoms with Crippen LogP contribution >= 0.6 is 23.2 Å². The molecule has 1 N–H and O–H groups in total. The molecule has 54 valence electrons. The van der Waals surface area contributed by atoms with Crippen LogP contribution in [-0.4, -0.2) is 16.0 Å². The molecule has 0 saturated carbocycles. The topological polar surface area (TPSA) is 20.2 Å². The van der Waals surface area contributed by atoms with E-state index in [9.17, 15) is 0 Å². The van der Waals surface area contributed by atoms with Crippen LogP contribution in [0.5, 0.6) is 0 Å². The van der Waals surface area contributed by atoms with Crippen molar-refractivity contribution in [2.45, 2.75) is 24.8 Å². The van der Waals surface area contributed by atoms with Crippen LogP contribution in [0.3, 0.4) is 0 Å². The molecule has 0 aromatic carbocycles. The zero-order valence-electron chi connectivity index (χ0n) is 5.44. The van der Waals surface area contributed by atoms with E-state index in [-0.39, 0.29) is 0 Å². The van der Waals surface area contributed by atoms with Crippen LogP contribution in [0.1, 0.15) is 13.8 Å². The third kappa shape index (κ3) is 4.76. The van der Waals surface area contributed by atoms with Crippen LogP contribution < -0.4 is 0 Å². The second kappa shape index (κ2) is 4.15. The predicted molar refractivity (Wildman–Crippen MR) is 40.9 cm³/mol. The van der Waals surface area contributed by atoms with Crippen molar-refractivity contribution >= 4 is 23.2 Å². The van der Waals surface area contributed by atoms with E-state index >= 15 is 0 Å². The largest absolute Gasteiger partial charge is 0.386 e. The first kappa shape index (κ1) is 9.28. The maximum atomic E-state index is 8.96. The van der Waals surface area contributed by atoms with Gasteiger partial charge in [0.25, 0.3) is 0 Å². The van der Waals surface area contributed by atoms with Crippen molar-refractivity contribution in [2.75, 3.05) is 0 Å². The lowest BCUT2D eigenvalue weighted by Crippen LogP contribution is -2.11. The fourth-order valence-corrected chi connectivity index (χ4v) is 0.560. The van der Waals surface area contributed by atoms with Gasteiger partial charge in [0.1, 0.15) is 10.9 Å². The van der Waals surface area contributed by atoms with E-state index < -0.39 is 10.9 Å². The minimum absolute atomic E-state index is 0.722. The van der Waals surface area contributed by atoms with Gasteiger partial charge in [-0.15, -0.1) is 23.2 Å². The Bertz CT molecular complexity index is 106. The van der Waals surface area contributed by atoms with Crippen molar-refractivity contribution in [3.05, 3.63) is 11.6 Å². The Kier molecular flexibility index (Phi) is 4.28. The lowest BCUT2D eigenvalue weighted by atomic mass is 10.2. The summed E-state index contributed by atoms with van der Waals surface area (Å²) in [5.74, 6) is 0. The molecule has 0 aromatic rings. The van der Waals surface area contributed by atoms with Gasteiger partial charge in [0, 0.05) is 0 Å². The van der Waals surface area contributed by atoms with E-state index in [1.54, 1.807) is 6.08 Å². The van der Waals surface area contributed by atoms with Crippen molar-refractivity contribution < 1.29 is 5.11 Å². The SMILES string of the molecule is CC(C)=CC(O)C(Cl)Cl. The molecular formula is C6H10Cl2O. The number of aliphatic hydroxyl groups excluding tert-OH is 1. The lowest BCUT2D eigenvalue weighted by Gasteiger charge is -2.04. The van der Waals surface area contributed by atoms with E-state index in [1.807, 2.05) is 13.8 Å². The first-order valence-corrected chi connectivity index (χ1v) is 3.52. The van der Waals surface area contributed by atoms with Crippen LogP contribution in [0.4, 0.5) is 0 Å². The molecular weight excluding hydrogens is 159 g/mol. The van der Waals surface area contributed by atoms with E-state index in [0.717, 1.165) is 5.57 Å². The molecule has 3 heteroatoms. The van der Waals surface area contributed by atoms with Crippen LogP contribution in [0.25, 0.3) is 0 Å². The fraction of sp³-hybridized carbons (Fsp3) is 0.667. The Morgan fingerprint density at radius 3 is 2.00 bits per heavy atom. The average molecular weight is 169 g/mol. The first-order chi connectivity index (χ1) is 4.04. The zero-order chi connectivity index (χ0) is 7.44. The molecule has 0 aliphatic carbocycles. The van der Waals surface area contributed by atoms with Crippen LogP contribution in [-0.2, 0) is 0 Å². The Morgan fingerprint density at radius 2 is 1.89 bits per heavy atom. The van der Waals surface area contributed by atoms with Crippen molar-refractivity contribution in [3.63, 3.8) is 0 Å². The number of rotatable bonds is 2. The summed E-state index contributed by atoms with van der Waals surface area (Å²) in [5.41, 5.74) is 1.01. The van der Waals surface area contributed by atoms with Crippen molar-refractivity contribution in [2.24, 2.45) is 0 Å². The Labute approximate surface area is 65.3 Å². The molecule has 0 rings (SSSR count). The van der Waals surface area contributed by atoms with Gasteiger partial charge in [-0.05, 0) is 13.8 Å². The summed E-state index contributed by atoms with van der Waals surface area (Å²) in [6, 6.07) is 0. The van der Waals surface area contributed by atoms with Crippen molar-refractivity contribution in [1.82, 2.24) is 0 Å². The number of allylic oxidation sites excluding steroid dienone is 1. The highest BCUT2D eigenvalue weighted by Gasteiger charge is 2.08. The zero-order valence-corrected chi connectivity index (χ0v) is 6.95. The molecule has 1 atom stereocenters. The molecule has 0 amide bonds. The molecule has 9 heavy (non-hydrogen) atoms. The molecule has 0 aliphatic rings. The average Bonchev–Trinajstić information content (AvgIpc) is 1.63. The minimum atomic E-state index is -0.738. The molecule has 1 nitrogen and oxygen atoms in total. The number of halogens is 2. The van der Waals surface area contributed by atoms with Gasteiger partial charge < -0.3 is 5.11 Å². The molecule has 1 unspecified atom stereocenters. The molecule has 0 fully saturated rings. The summed E-state index contributed by atoms with van der Waals surface area (Å²) in [6.07, 6.45) is 0.878. The quantitative estimate of drug-likeness (QED) is 0.495. The molecule has 0 aliphatic heterocycles. The summed E-state index contributed by atoms with van der Waals surface area (Å²) < 4.78 is 0. The van der Waals surface area contributed by atoms with Gasteiger partial charge in [-0.3, -0.25) is 0 Å².